The first-order chi connectivity index (χ1) is 10.3. The maximum Gasteiger partial charge on any atom is 0.236 e. The second-order valence-corrected chi connectivity index (χ2v) is 5.94. The predicted molar refractivity (Wildman–Crippen MR) is 83.1 cm³/mol. The van der Waals surface area contributed by atoms with E-state index in [-0.39, 0.29) is 0 Å². The molecule has 1 aromatic heterocycles. The predicted octanol–water partition coefficient (Wildman–Crippen LogP) is 1.88. The lowest BCUT2D eigenvalue weighted by molar-refractivity contribution is -0.131. The van der Waals surface area contributed by atoms with Gasteiger partial charge in [0.25, 0.3) is 0 Å². The van der Waals surface area contributed by atoms with E-state index in [0.29, 0.717) is 18.5 Å². The number of carbonyl (C=O) groups is 1. The Balaban J connectivity index is 1.68. The van der Waals surface area contributed by atoms with Crippen LogP contribution in [0.2, 0.25) is 0 Å². The van der Waals surface area contributed by atoms with Crippen LogP contribution in [0.5, 0.6) is 0 Å². The third-order valence-electron chi connectivity index (χ3n) is 4.59. The number of carbonyl (C=O) groups excluding carboxylic acids is 1. The van der Waals surface area contributed by atoms with Gasteiger partial charge in [-0.15, -0.1) is 0 Å². The molecule has 5 heteroatoms. The van der Waals surface area contributed by atoms with E-state index in [1.807, 2.05) is 18.1 Å². The van der Waals surface area contributed by atoms with Gasteiger partial charge < -0.3 is 10.2 Å². The van der Waals surface area contributed by atoms with Gasteiger partial charge in [-0.2, -0.15) is 0 Å². The molecule has 3 heterocycles. The van der Waals surface area contributed by atoms with E-state index in [1.165, 1.54) is 5.56 Å². The smallest absolute Gasteiger partial charge is 0.236 e. The van der Waals surface area contributed by atoms with E-state index < -0.39 is 0 Å². The van der Waals surface area contributed by atoms with Crippen LogP contribution in [0.15, 0.2) is 18.3 Å². The first-order valence-corrected chi connectivity index (χ1v) is 7.93. The van der Waals surface area contributed by atoms with Crippen molar-refractivity contribution in [3.63, 3.8) is 0 Å². The maximum absolute atomic E-state index is 12.4. The lowest BCUT2D eigenvalue weighted by Crippen LogP contribution is -2.38. The van der Waals surface area contributed by atoms with Crippen LogP contribution < -0.4 is 5.32 Å². The molecule has 0 aromatic carbocycles. The number of hydrogen-bond acceptors (Lipinski definition) is 4. The van der Waals surface area contributed by atoms with Crippen molar-refractivity contribution in [2.45, 2.75) is 31.7 Å². The Morgan fingerprint density at radius 3 is 2.90 bits per heavy atom. The molecule has 21 heavy (non-hydrogen) atoms. The fraction of sp³-hybridized carbons (Fsp3) is 0.625. The molecule has 0 radical (unpaired) electrons. The first-order valence-electron chi connectivity index (χ1n) is 7.93. The van der Waals surface area contributed by atoms with Gasteiger partial charge in [-0.1, -0.05) is 0 Å². The maximum atomic E-state index is 12.4. The van der Waals surface area contributed by atoms with Crippen molar-refractivity contribution in [1.29, 1.82) is 0 Å². The monoisotopic (exact) mass is 288 g/mol. The number of nitrogens with zero attached hydrogens (tertiary/aromatic N) is 3. The molecule has 5 nitrogen and oxygen atoms in total. The highest BCUT2D eigenvalue weighted by atomic mass is 16.2. The summed E-state index contributed by atoms with van der Waals surface area (Å²) in [5.74, 6) is 1.19. The molecule has 0 unspecified atom stereocenters. The van der Waals surface area contributed by atoms with E-state index in [4.69, 9.17) is 0 Å². The van der Waals surface area contributed by atoms with Gasteiger partial charge in [0.15, 0.2) is 0 Å². The van der Waals surface area contributed by atoms with E-state index in [0.717, 1.165) is 51.1 Å². The largest absolute Gasteiger partial charge is 0.373 e. The zero-order valence-corrected chi connectivity index (χ0v) is 12.7. The van der Waals surface area contributed by atoms with Gasteiger partial charge in [0, 0.05) is 32.4 Å². The summed E-state index contributed by atoms with van der Waals surface area (Å²) in [5, 5.41) is 3.09. The number of aromatic nitrogens is 1. The summed E-state index contributed by atoms with van der Waals surface area (Å²) in [6, 6.07) is 4.53. The Morgan fingerprint density at radius 2 is 2.14 bits per heavy atom. The standard InChI is InChI=1S/C16H24N4O/c1-17-15-11-13(6-7-18-15)14-5-4-10-20(14)12-16(21)19-8-2-3-9-19/h6-7,11,14H,2-5,8-10,12H2,1H3,(H,17,18)/t14-/m1/s1. The van der Waals surface area contributed by atoms with Crippen LogP contribution in [-0.4, -0.2) is 53.9 Å². The molecule has 0 saturated carbocycles. The molecule has 2 fully saturated rings. The summed E-state index contributed by atoms with van der Waals surface area (Å²) >= 11 is 0. The molecule has 0 aliphatic carbocycles. The molecule has 0 bridgehead atoms. The van der Waals surface area contributed by atoms with Crippen molar-refractivity contribution >= 4 is 11.7 Å². The molecule has 1 amide bonds. The quantitative estimate of drug-likeness (QED) is 0.919. The van der Waals surface area contributed by atoms with Crippen molar-refractivity contribution in [2.75, 3.05) is 38.5 Å². The minimum absolute atomic E-state index is 0.294. The first kappa shape index (κ1) is 14.3. The molecular formula is C16H24N4O. The van der Waals surface area contributed by atoms with E-state index in [1.54, 1.807) is 0 Å². The number of anilines is 1. The Bertz CT molecular complexity index is 499. The van der Waals surface area contributed by atoms with Gasteiger partial charge >= 0.3 is 0 Å². The Morgan fingerprint density at radius 1 is 1.33 bits per heavy atom. The van der Waals surface area contributed by atoms with Crippen molar-refractivity contribution < 1.29 is 4.79 Å². The Hall–Kier alpha value is -1.62. The molecule has 3 rings (SSSR count). The molecule has 1 N–H and O–H groups in total. The number of nitrogens with one attached hydrogen (secondary N) is 1. The van der Waals surface area contributed by atoms with Crippen molar-refractivity contribution in [3.05, 3.63) is 23.9 Å². The van der Waals surface area contributed by atoms with Crippen LogP contribution in [0.25, 0.3) is 0 Å². The summed E-state index contributed by atoms with van der Waals surface area (Å²) in [5.41, 5.74) is 1.26. The number of hydrogen-bond donors (Lipinski definition) is 1. The molecule has 1 aromatic rings. The third-order valence-corrected chi connectivity index (χ3v) is 4.59. The van der Waals surface area contributed by atoms with Gasteiger partial charge in [-0.05, 0) is 49.9 Å². The van der Waals surface area contributed by atoms with Crippen molar-refractivity contribution in [1.82, 2.24) is 14.8 Å². The highest BCUT2D eigenvalue weighted by Gasteiger charge is 2.29. The van der Waals surface area contributed by atoms with Crippen LogP contribution in [0.3, 0.4) is 0 Å². The lowest BCUT2D eigenvalue weighted by atomic mass is 10.1. The van der Waals surface area contributed by atoms with Crippen molar-refractivity contribution in [2.24, 2.45) is 0 Å². The SMILES string of the molecule is CNc1cc([C@H]2CCCN2CC(=O)N2CCCC2)ccn1. The van der Waals surface area contributed by atoms with Gasteiger partial charge in [0.1, 0.15) is 5.82 Å². The fourth-order valence-electron chi connectivity index (χ4n) is 3.42. The topological polar surface area (TPSA) is 48.5 Å². The zero-order chi connectivity index (χ0) is 14.7. The molecule has 2 aliphatic rings. The minimum Gasteiger partial charge on any atom is -0.373 e. The molecule has 1 atom stereocenters. The van der Waals surface area contributed by atoms with Gasteiger partial charge in [0.2, 0.25) is 5.91 Å². The van der Waals surface area contributed by atoms with Crippen LogP contribution in [0.4, 0.5) is 5.82 Å². The number of pyridine rings is 1. The van der Waals surface area contributed by atoms with Crippen LogP contribution in [-0.2, 0) is 4.79 Å². The van der Waals surface area contributed by atoms with E-state index in [2.05, 4.69) is 27.3 Å². The number of likely N-dealkylation sites (tertiary alicyclic amines) is 2. The van der Waals surface area contributed by atoms with Crippen molar-refractivity contribution in [3.8, 4) is 0 Å². The van der Waals surface area contributed by atoms with Gasteiger partial charge in [0.05, 0.1) is 6.54 Å². The van der Waals surface area contributed by atoms with Gasteiger partial charge in [-0.3, -0.25) is 9.69 Å². The zero-order valence-electron chi connectivity index (χ0n) is 12.7. The molecule has 2 aliphatic heterocycles. The summed E-state index contributed by atoms with van der Waals surface area (Å²) in [6.07, 6.45) is 6.45. The molecular weight excluding hydrogens is 264 g/mol. The average molecular weight is 288 g/mol. The van der Waals surface area contributed by atoms with Crippen LogP contribution in [0.1, 0.15) is 37.3 Å². The lowest BCUT2D eigenvalue weighted by Gasteiger charge is -2.26. The van der Waals surface area contributed by atoms with Gasteiger partial charge in [-0.25, -0.2) is 4.98 Å². The molecule has 2 saturated heterocycles. The summed E-state index contributed by atoms with van der Waals surface area (Å²) in [6.45, 7) is 3.45. The van der Waals surface area contributed by atoms with E-state index >= 15 is 0 Å². The molecule has 114 valence electrons. The summed E-state index contributed by atoms with van der Waals surface area (Å²) < 4.78 is 0. The third kappa shape index (κ3) is 3.18. The van der Waals surface area contributed by atoms with E-state index in [9.17, 15) is 4.79 Å². The highest BCUT2D eigenvalue weighted by Crippen LogP contribution is 2.32. The number of amides is 1. The van der Waals surface area contributed by atoms with Crippen LogP contribution in [0, 0.1) is 0 Å². The second-order valence-electron chi connectivity index (χ2n) is 5.94. The highest BCUT2D eigenvalue weighted by molar-refractivity contribution is 5.78. The summed E-state index contributed by atoms with van der Waals surface area (Å²) in [4.78, 5) is 21.0. The fourth-order valence-corrected chi connectivity index (χ4v) is 3.42. The second kappa shape index (κ2) is 6.43. The minimum atomic E-state index is 0.294. The van der Waals surface area contributed by atoms with Crippen LogP contribution >= 0.6 is 0 Å². The average Bonchev–Trinajstić information content (AvgIpc) is 3.18. The summed E-state index contributed by atoms with van der Waals surface area (Å²) in [7, 11) is 1.88. The normalized spacial score (nSPS) is 22.7. The number of rotatable bonds is 4. The Kier molecular flexibility index (Phi) is 4.39. The molecule has 0 spiro atoms. The Labute approximate surface area is 126 Å².